The third kappa shape index (κ3) is 4.44. The molecule has 0 aliphatic heterocycles. The molecular formula is C13H19NO3. The number of benzene rings is 1. The quantitative estimate of drug-likeness (QED) is 0.536. The van der Waals surface area contributed by atoms with Gasteiger partial charge in [-0.2, -0.15) is 0 Å². The van der Waals surface area contributed by atoms with Gasteiger partial charge in [-0.3, -0.25) is 4.79 Å². The fourth-order valence-corrected chi connectivity index (χ4v) is 1.44. The summed E-state index contributed by atoms with van der Waals surface area (Å²) < 4.78 is 10.8. The third-order valence-electron chi connectivity index (χ3n) is 2.33. The van der Waals surface area contributed by atoms with E-state index in [2.05, 4.69) is 4.90 Å². The van der Waals surface area contributed by atoms with Crippen LogP contribution in [0.4, 0.5) is 0 Å². The highest BCUT2D eigenvalue weighted by atomic mass is 16.5. The number of nitrogens with zero attached hydrogens (tertiary/aromatic N) is 1. The monoisotopic (exact) mass is 237 g/mol. The standard InChI is InChI=1S/C13H19NO3/c1-14(2)7-4-8-17-13-9-11(10-15)5-6-12(13)16-3/h5-6,9-10H,4,7-8H2,1-3H3. The van der Waals surface area contributed by atoms with Gasteiger partial charge in [-0.25, -0.2) is 0 Å². The summed E-state index contributed by atoms with van der Waals surface area (Å²) in [4.78, 5) is 12.8. The molecule has 0 amide bonds. The predicted octanol–water partition coefficient (Wildman–Crippen LogP) is 1.84. The van der Waals surface area contributed by atoms with Crippen LogP contribution in [0.1, 0.15) is 16.8 Å². The molecule has 0 spiro atoms. The summed E-state index contributed by atoms with van der Waals surface area (Å²) >= 11 is 0. The number of aldehydes is 1. The summed E-state index contributed by atoms with van der Waals surface area (Å²) in [7, 11) is 5.63. The Labute approximate surface area is 102 Å². The topological polar surface area (TPSA) is 38.8 Å². The van der Waals surface area contributed by atoms with Crippen molar-refractivity contribution in [2.45, 2.75) is 6.42 Å². The molecule has 0 aliphatic carbocycles. The van der Waals surface area contributed by atoms with Crippen molar-refractivity contribution in [3.8, 4) is 11.5 Å². The Morgan fingerprint density at radius 1 is 1.29 bits per heavy atom. The van der Waals surface area contributed by atoms with Crippen LogP contribution in [0.3, 0.4) is 0 Å². The van der Waals surface area contributed by atoms with E-state index in [1.54, 1.807) is 25.3 Å². The van der Waals surface area contributed by atoms with E-state index < -0.39 is 0 Å². The van der Waals surface area contributed by atoms with E-state index in [9.17, 15) is 4.79 Å². The van der Waals surface area contributed by atoms with Crippen LogP contribution in [0.25, 0.3) is 0 Å². The molecule has 1 aromatic rings. The Kier molecular flexibility index (Phi) is 5.49. The first kappa shape index (κ1) is 13.5. The minimum absolute atomic E-state index is 0.591. The number of ether oxygens (including phenoxy) is 2. The maximum Gasteiger partial charge on any atom is 0.161 e. The van der Waals surface area contributed by atoms with E-state index in [4.69, 9.17) is 9.47 Å². The Morgan fingerprint density at radius 3 is 2.65 bits per heavy atom. The molecule has 0 radical (unpaired) electrons. The Hall–Kier alpha value is -1.55. The van der Waals surface area contributed by atoms with Crippen molar-refractivity contribution < 1.29 is 14.3 Å². The van der Waals surface area contributed by atoms with Gasteiger partial charge in [-0.1, -0.05) is 0 Å². The van der Waals surface area contributed by atoms with E-state index >= 15 is 0 Å². The van der Waals surface area contributed by atoms with Crippen LogP contribution < -0.4 is 9.47 Å². The average Bonchev–Trinajstić information content (AvgIpc) is 2.34. The highest BCUT2D eigenvalue weighted by Crippen LogP contribution is 2.27. The fourth-order valence-electron chi connectivity index (χ4n) is 1.44. The van der Waals surface area contributed by atoms with Gasteiger partial charge < -0.3 is 14.4 Å². The molecule has 0 unspecified atom stereocenters. The van der Waals surface area contributed by atoms with Crippen LogP contribution in [-0.4, -0.2) is 45.5 Å². The summed E-state index contributed by atoms with van der Waals surface area (Å²) in [6.07, 6.45) is 1.73. The van der Waals surface area contributed by atoms with Gasteiger partial charge in [0.05, 0.1) is 13.7 Å². The fraction of sp³-hybridized carbons (Fsp3) is 0.462. The summed E-state index contributed by atoms with van der Waals surface area (Å²) in [6.45, 7) is 1.58. The molecule has 0 N–H and O–H groups in total. The molecular weight excluding hydrogens is 218 g/mol. The van der Waals surface area contributed by atoms with Gasteiger partial charge in [-0.15, -0.1) is 0 Å². The normalized spacial score (nSPS) is 10.4. The van der Waals surface area contributed by atoms with Gasteiger partial charge in [-0.05, 0) is 38.7 Å². The van der Waals surface area contributed by atoms with Gasteiger partial charge in [0.25, 0.3) is 0 Å². The van der Waals surface area contributed by atoms with E-state index in [0.29, 0.717) is 23.7 Å². The van der Waals surface area contributed by atoms with E-state index in [0.717, 1.165) is 19.3 Å². The molecule has 0 saturated heterocycles. The molecule has 0 saturated carbocycles. The molecule has 0 heterocycles. The highest BCUT2D eigenvalue weighted by Gasteiger charge is 2.05. The second kappa shape index (κ2) is 6.91. The molecule has 17 heavy (non-hydrogen) atoms. The van der Waals surface area contributed by atoms with Crippen molar-refractivity contribution >= 4 is 6.29 Å². The zero-order valence-electron chi connectivity index (χ0n) is 10.6. The van der Waals surface area contributed by atoms with Crippen molar-refractivity contribution in [2.24, 2.45) is 0 Å². The molecule has 1 rings (SSSR count). The molecule has 4 nitrogen and oxygen atoms in total. The van der Waals surface area contributed by atoms with Crippen molar-refractivity contribution in [1.82, 2.24) is 4.90 Å². The van der Waals surface area contributed by atoms with Gasteiger partial charge in [0, 0.05) is 12.1 Å². The first-order valence-electron chi connectivity index (χ1n) is 5.58. The smallest absolute Gasteiger partial charge is 0.161 e. The van der Waals surface area contributed by atoms with Crippen LogP contribution in [0.15, 0.2) is 18.2 Å². The lowest BCUT2D eigenvalue weighted by Crippen LogP contribution is -2.15. The summed E-state index contributed by atoms with van der Waals surface area (Å²) in [5.74, 6) is 1.27. The second-order valence-electron chi connectivity index (χ2n) is 4.03. The maximum absolute atomic E-state index is 10.7. The van der Waals surface area contributed by atoms with Gasteiger partial charge >= 0.3 is 0 Å². The van der Waals surface area contributed by atoms with Crippen molar-refractivity contribution in [3.05, 3.63) is 23.8 Å². The van der Waals surface area contributed by atoms with E-state index in [1.165, 1.54) is 0 Å². The van der Waals surface area contributed by atoms with Crippen molar-refractivity contribution in [2.75, 3.05) is 34.4 Å². The number of hydrogen-bond donors (Lipinski definition) is 0. The largest absolute Gasteiger partial charge is 0.493 e. The number of carbonyl (C=O) groups is 1. The summed E-state index contributed by atoms with van der Waals surface area (Å²) in [5, 5.41) is 0. The average molecular weight is 237 g/mol. The molecule has 4 heteroatoms. The van der Waals surface area contributed by atoms with Crippen LogP contribution in [0, 0.1) is 0 Å². The van der Waals surface area contributed by atoms with Gasteiger partial charge in [0.15, 0.2) is 11.5 Å². The molecule has 0 bridgehead atoms. The van der Waals surface area contributed by atoms with Gasteiger partial charge in [0.2, 0.25) is 0 Å². The molecule has 94 valence electrons. The van der Waals surface area contributed by atoms with Crippen LogP contribution in [0.2, 0.25) is 0 Å². The first-order chi connectivity index (χ1) is 8.17. The Balaban J connectivity index is 2.58. The second-order valence-corrected chi connectivity index (χ2v) is 4.03. The van der Waals surface area contributed by atoms with Crippen molar-refractivity contribution in [3.63, 3.8) is 0 Å². The molecule has 0 atom stereocenters. The zero-order valence-corrected chi connectivity index (χ0v) is 10.6. The number of rotatable bonds is 7. The SMILES string of the molecule is COc1ccc(C=O)cc1OCCCN(C)C. The Bertz CT molecular complexity index is 364. The number of methoxy groups -OCH3 is 1. The lowest BCUT2D eigenvalue weighted by Gasteiger charge is -2.12. The number of carbonyl (C=O) groups excluding carboxylic acids is 1. The lowest BCUT2D eigenvalue weighted by atomic mass is 10.2. The maximum atomic E-state index is 10.7. The molecule has 1 aromatic carbocycles. The first-order valence-corrected chi connectivity index (χ1v) is 5.58. The Morgan fingerprint density at radius 2 is 2.06 bits per heavy atom. The summed E-state index contributed by atoms with van der Waals surface area (Å²) in [5.41, 5.74) is 0.591. The van der Waals surface area contributed by atoms with Gasteiger partial charge in [0.1, 0.15) is 6.29 Å². The zero-order chi connectivity index (χ0) is 12.7. The molecule has 0 aliphatic rings. The van der Waals surface area contributed by atoms with Crippen LogP contribution >= 0.6 is 0 Å². The van der Waals surface area contributed by atoms with E-state index in [-0.39, 0.29) is 0 Å². The predicted molar refractivity (Wildman–Crippen MR) is 67.0 cm³/mol. The van der Waals surface area contributed by atoms with E-state index in [1.807, 2.05) is 14.1 Å². The summed E-state index contributed by atoms with van der Waals surface area (Å²) in [6, 6.07) is 5.14. The number of hydrogen-bond acceptors (Lipinski definition) is 4. The van der Waals surface area contributed by atoms with Crippen LogP contribution in [-0.2, 0) is 0 Å². The highest BCUT2D eigenvalue weighted by molar-refractivity contribution is 5.76. The molecule has 0 fully saturated rings. The van der Waals surface area contributed by atoms with Crippen LogP contribution in [0.5, 0.6) is 11.5 Å². The minimum atomic E-state index is 0.591. The minimum Gasteiger partial charge on any atom is -0.493 e. The third-order valence-corrected chi connectivity index (χ3v) is 2.33. The molecule has 0 aromatic heterocycles. The lowest BCUT2D eigenvalue weighted by molar-refractivity contribution is 0.112. The van der Waals surface area contributed by atoms with Crippen molar-refractivity contribution in [1.29, 1.82) is 0 Å².